The van der Waals surface area contributed by atoms with E-state index in [1.54, 1.807) is 13.8 Å². The maximum atomic E-state index is 11.7. The second-order valence-electron chi connectivity index (χ2n) is 5.00. The van der Waals surface area contributed by atoms with Gasteiger partial charge in [-0.1, -0.05) is 29.8 Å². The normalized spacial score (nSPS) is 13.8. The molecule has 1 rings (SSSR count). The van der Waals surface area contributed by atoms with Gasteiger partial charge in [0.15, 0.2) is 9.84 Å². The molecule has 0 bridgehead atoms. The lowest BCUT2D eigenvalue weighted by atomic mass is 10.1. The van der Waals surface area contributed by atoms with Crippen LogP contribution in [0.25, 0.3) is 0 Å². The zero-order chi connectivity index (χ0) is 13.8. The van der Waals surface area contributed by atoms with Gasteiger partial charge in [-0.15, -0.1) is 0 Å². The SMILES string of the molecule is Cc1ccc(C(C)NCCS(=O)(=O)C(C)C)cc1. The Hall–Kier alpha value is -0.870. The maximum absolute atomic E-state index is 11.7. The van der Waals surface area contributed by atoms with Crippen molar-refractivity contribution in [2.75, 3.05) is 12.3 Å². The second kappa shape index (κ2) is 6.34. The lowest BCUT2D eigenvalue weighted by Crippen LogP contribution is -2.29. The van der Waals surface area contributed by atoms with Crippen LogP contribution in [0.2, 0.25) is 0 Å². The van der Waals surface area contributed by atoms with E-state index in [9.17, 15) is 8.42 Å². The molecule has 0 aliphatic carbocycles. The van der Waals surface area contributed by atoms with E-state index in [0.29, 0.717) is 6.54 Å². The summed E-state index contributed by atoms with van der Waals surface area (Å²) in [6, 6.07) is 8.46. The van der Waals surface area contributed by atoms with Crippen LogP contribution in [-0.2, 0) is 9.84 Å². The molecular weight excluding hydrogens is 246 g/mol. The summed E-state index contributed by atoms with van der Waals surface area (Å²) in [5.41, 5.74) is 2.41. The first-order valence-electron chi connectivity index (χ1n) is 6.34. The Bertz CT molecular complexity index is 463. The molecule has 0 saturated carbocycles. The van der Waals surface area contributed by atoms with Gasteiger partial charge in [0, 0.05) is 12.6 Å². The minimum Gasteiger partial charge on any atom is -0.309 e. The van der Waals surface area contributed by atoms with E-state index in [2.05, 4.69) is 36.5 Å². The van der Waals surface area contributed by atoms with Crippen molar-refractivity contribution in [3.05, 3.63) is 35.4 Å². The Balaban J connectivity index is 2.47. The van der Waals surface area contributed by atoms with Crippen molar-refractivity contribution in [1.82, 2.24) is 5.32 Å². The van der Waals surface area contributed by atoms with E-state index in [4.69, 9.17) is 0 Å². The molecule has 0 radical (unpaired) electrons. The topological polar surface area (TPSA) is 46.2 Å². The van der Waals surface area contributed by atoms with Crippen LogP contribution >= 0.6 is 0 Å². The average molecular weight is 269 g/mol. The molecule has 4 heteroatoms. The third kappa shape index (κ3) is 4.42. The highest BCUT2D eigenvalue weighted by atomic mass is 32.2. The summed E-state index contributed by atoms with van der Waals surface area (Å²) >= 11 is 0. The van der Waals surface area contributed by atoms with Gasteiger partial charge < -0.3 is 5.32 Å². The van der Waals surface area contributed by atoms with Crippen molar-refractivity contribution in [2.45, 2.75) is 39.0 Å². The first kappa shape index (κ1) is 15.2. The third-order valence-electron chi connectivity index (χ3n) is 3.13. The zero-order valence-corrected chi connectivity index (χ0v) is 12.4. The summed E-state index contributed by atoms with van der Waals surface area (Å²) in [5.74, 6) is 0.195. The van der Waals surface area contributed by atoms with Crippen molar-refractivity contribution in [3.63, 3.8) is 0 Å². The van der Waals surface area contributed by atoms with Gasteiger partial charge in [-0.05, 0) is 33.3 Å². The van der Waals surface area contributed by atoms with E-state index in [1.165, 1.54) is 11.1 Å². The molecule has 0 saturated heterocycles. The Morgan fingerprint density at radius 2 is 1.67 bits per heavy atom. The van der Waals surface area contributed by atoms with Crippen LogP contribution in [0.4, 0.5) is 0 Å². The van der Waals surface area contributed by atoms with E-state index >= 15 is 0 Å². The molecule has 0 aromatic heterocycles. The van der Waals surface area contributed by atoms with Gasteiger partial charge >= 0.3 is 0 Å². The molecule has 0 fully saturated rings. The van der Waals surface area contributed by atoms with Crippen LogP contribution in [0.3, 0.4) is 0 Å². The first-order valence-corrected chi connectivity index (χ1v) is 8.06. The smallest absolute Gasteiger partial charge is 0.153 e. The molecule has 1 atom stereocenters. The summed E-state index contributed by atoms with van der Waals surface area (Å²) in [6.45, 7) is 8.04. The minimum atomic E-state index is -2.95. The van der Waals surface area contributed by atoms with Gasteiger partial charge in [-0.2, -0.15) is 0 Å². The van der Waals surface area contributed by atoms with Crippen molar-refractivity contribution in [1.29, 1.82) is 0 Å². The van der Waals surface area contributed by atoms with Gasteiger partial charge in [0.05, 0.1) is 11.0 Å². The Morgan fingerprint density at radius 3 is 2.17 bits per heavy atom. The number of sulfone groups is 1. The number of hydrogen-bond acceptors (Lipinski definition) is 3. The number of rotatable bonds is 6. The third-order valence-corrected chi connectivity index (χ3v) is 5.34. The summed E-state index contributed by atoms with van der Waals surface area (Å²) in [7, 11) is -2.95. The highest BCUT2D eigenvalue weighted by Gasteiger charge is 2.15. The molecule has 1 unspecified atom stereocenters. The predicted octanol–water partition coefficient (Wildman–Crippen LogP) is 2.47. The molecule has 0 aliphatic heterocycles. The molecule has 0 spiro atoms. The fourth-order valence-corrected chi connectivity index (χ4v) is 2.50. The van der Waals surface area contributed by atoms with E-state index in [0.717, 1.165) is 0 Å². The predicted molar refractivity (Wildman–Crippen MR) is 76.5 cm³/mol. The number of benzene rings is 1. The van der Waals surface area contributed by atoms with Crippen LogP contribution < -0.4 is 5.32 Å². The largest absolute Gasteiger partial charge is 0.309 e. The molecule has 1 aromatic rings. The second-order valence-corrected chi connectivity index (χ2v) is 7.68. The highest BCUT2D eigenvalue weighted by Crippen LogP contribution is 2.12. The number of nitrogens with one attached hydrogen (secondary N) is 1. The number of hydrogen-bond donors (Lipinski definition) is 1. The molecule has 18 heavy (non-hydrogen) atoms. The summed E-state index contributed by atoms with van der Waals surface area (Å²) in [5, 5.41) is 2.95. The molecule has 102 valence electrons. The van der Waals surface area contributed by atoms with Crippen LogP contribution in [0, 0.1) is 6.92 Å². The van der Waals surface area contributed by atoms with Crippen LogP contribution in [-0.4, -0.2) is 26.0 Å². The molecule has 1 N–H and O–H groups in total. The molecule has 1 aromatic carbocycles. The van der Waals surface area contributed by atoms with E-state index in [-0.39, 0.29) is 17.0 Å². The van der Waals surface area contributed by atoms with Gasteiger partial charge in [-0.25, -0.2) is 8.42 Å². The number of aryl methyl sites for hydroxylation is 1. The van der Waals surface area contributed by atoms with E-state index in [1.807, 2.05) is 6.92 Å². The van der Waals surface area contributed by atoms with Gasteiger partial charge in [0.25, 0.3) is 0 Å². The zero-order valence-electron chi connectivity index (χ0n) is 11.6. The Morgan fingerprint density at radius 1 is 1.11 bits per heavy atom. The van der Waals surface area contributed by atoms with Crippen molar-refractivity contribution < 1.29 is 8.42 Å². The minimum absolute atomic E-state index is 0.174. The quantitative estimate of drug-likeness (QED) is 0.863. The van der Waals surface area contributed by atoms with Crippen molar-refractivity contribution >= 4 is 9.84 Å². The van der Waals surface area contributed by atoms with Gasteiger partial charge in [-0.3, -0.25) is 0 Å². The lowest BCUT2D eigenvalue weighted by molar-refractivity contribution is 0.566. The summed E-state index contributed by atoms with van der Waals surface area (Å²) in [6.07, 6.45) is 0. The molecule has 0 amide bonds. The Kier molecular flexibility index (Phi) is 5.35. The standard InChI is InChI=1S/C14H23NO2S/c1-11(2)18(16,17)10-9-15-13(4)14-7-5-12(3)6-8-14/h5-8,11,13,15H,9-10H2,1-4H3. The molecule has 3 nitrogen and oxygen atoms in total. The van der Waals surface area contributed by atoms with Crippen LogP contribution in [0.1, 0.15) is 37.9 Å². The van der Waals surface area contributed by atoms with Crippen LogP contribution in [0.5, 0.6) is 0 Å². The lowest BCUT2D eigenvalue weighted by Gasteiger charge is -2.15. The van der Waals surface area contributed by atoms with Crippen molar-refractivity contribution in [2.24, 2.45) is 0 Å². The summed E-state index contributed by atoms with van der Waals surface area (Å²) in [4.78, 5) is 0. The van der Waals surface area contributed by atoms with Gasteiger partial charge in [0.1, 0.15) is 0 Å². The van der Waals surface area contributed by atoms with E-state index < -0.39 is 9.84 Å². The summed E-state index contributed by atoms with van der Waals surface area (Å²) < 4.78 is 23.3. The maximum Gasteiger partial charge on any atom is 0.153 e. The highest BCUT2D eigenvalue weighted by molar-refractivity contribution is 7.92. The Labute approximate surface area is 111 Å². The van der Waals surface area contributed by atoms with Crippen LogP contribution in [0.15, 0.2) is 24.3 Å². The van der Waals surface area contributed by atoms with Gasteiger partial charge in [0.2, 0.25) is 0 Å². The fraction of sp³-hybridized carbons (Fsp3) is 0.571. The van der Waals surface area contributed by atoms with Crippen molar-refractivity contribution in [3.8, 4) is 0 Å². The molecule has 0 heterocycles. The monoisotopic (exact) mass is 269 g/mol. The first-order chi connectivity index (χ1) is 8.33. The average Bonchev–Trinajstić information content (AvgIpc) is 2.29. The molecule has 0 aliphatic rings. The molecular formula is C14H23NO2S. The fourth-order valence-electron chi connectivity index (χ4n) is 1.63.